The van der Waals surface area contributed by atoms with Gasteiger partial charge < -0.3 is 19.7 Å². The third-order valence-electron chi connectivity index (χ3n) is 4.12. The maximum atomic E-state index is 12.4. The lowest BCUT2D eigenvalue weighted by molar-refractivity contribution is -0.871. The minimum atomic E-state index is -0.397. The Labute approximate surface area is 164 Å². The molecular formula is C20H27N2O4S+. The van der Waals surface area contributed by atoms with Gasteiger partial charge in [0.1, 0.15) is 23.9 Å². The van der Waals surface area contributed by atoms with Gasteiger partial charge in [0.05, 0.1) is 19.2 Å². The van der Waals surface area contributed by atoms with Crippen molar-refractivity contribution in [3.8, 4) is 5.75 Å². The van der Waals surface area contributed by atoms with Crippen molar-refractivity contribution in [1.29, 1.82) is 0 Å². The van der Waals surface area contributed by atoms with Gasteiger partial charge in [-0.05, 0) is 38.5 Å². The number of rotatable bonds is 9. The number of para-hydroxylation sites is 1. The summed E-state index contributed by atoms with van der Waals surface area (Å²) in [6, 6.07) is 9.59. The lowest BCUT2D eigenvalue weighted by atomic mass is 10.1. The molecule has 0 aliphatic rings. The van der Waals surface area contributed by atoms with Gasteiger partial charge in [0.25, 0.3) is 5.91 Å². The fraction of sp³-hybridized carbons (Fsp3) is 0.400. The number of hydrogen-bond acceptors (Lipinski definition) is 5. The summed E-state index contributed by atoms with van der Waals surface area (Å²) in [5.74, 6) is 0.281. The Balaban J connectivity index is 1.88. The van der Waals surface area contributed by atoms with Crippen LogP contribution in [0.1, 0.15) is 27.7 Å². The summed E-state index contributed by atoms with van der Waals surface area (Å²) in [5, 5.41) is 3.42. The number of quaternary nitrogens is 1. The van der Waals surface area contributed by atoms with Gasteiger partial charge in [-0.25, -0.2) is 4.79 Å². The molecule has 0 spiro atoms. The number of benzene rings is 1. The van der Waals surface area contributed by atoms with Gasteiger partial charge in [0.15, 0.2) is 6.54 Å². The van der Waals surface area contributed by atoms with Crippen molar-refractivity contribution in [2.45, 2.75) is 20.8 Å². The summed E-state index contributed by atoms with van der Waals surface area (Å²) in [4.78, 5) is 26.6. The Morgan fingerprint density at radius 2 is 1.89 bits per heavy atom. The number of nitrogens with one attached hydrogen (secondary N) is 2. The topological polar surface area (TPSA) is 69.1 Å². The summed E-state index contributed by atoms with van der Waals surface area (Å²) in [5.41, 5.74) is 1.31. The number of carbonyl (C=O) groups is 2. The first-order chi connectivity index (χ1) is 12.9. The first-order valence-corrected chi connectivity index (χ1v) is 9.80. The zero-order valence-corrected chi connectivity index (χ0v) is 17.1. The van der Waals surface area contributed by atoms with Crippen LogP contribution in [-0.4, -0.2) is 45.2 Å². The molecule has 7 heteroatoms. The third kappa shape index (κ3) is 6.08. The van der Waals surface area contributed by atoms with Gasteiger partial charge in [-0.2, -0.15) is 0 Å². The van der Waals surface area contributed by atoms with Crippen molar-refractivity contribution in [2.24, 2.45) is 0 Å². The van der Waals surface area contributed by atoms with Gasteiger partial charge in [0.2, 0.25) is 0 Å². The molecule has 1 heterocycles. The summed E-state index contributed by atoms with van der Waals surface area (Å²) >= 11 is 1.40. The molecule has 0 saturated heterocycles. The number of thiophene rings is 1. The van der Waals surface area contributed by atoms with Gasteiger partial charge in [-0.1, -0.05) is 18.2 Å². The van der Waals surface area contributed by atoms with E-state index in [1.54, 1.807) is 6.92 Å². The summed E-state index contributed by atoms with van der Waals surface area (Å²) < 4.78 is 10.8. The molecule has 2 aromatic rings. The van der Waals surface area contributed by atoms with Crippen LogP contribution in [0.3, 0.4) is 0 Å². The van der Waals surface area contributed by atoms with E-state index in [1.165, 1.54) is 11.3 Å². The molecule has 0 bridgehead atoms. The van der Waals surface area contributed by atoms with Crippen molar-refractivity contribution >= 4 is 28.2 Å². The maximum Gasteiger partial charge on any atom is 0.341 e. The molecule has 1 aromatic carbocycles. The molecule has 0 fully saturated rings. The molecule has 1 unspecified atom stereocenters. The van der Waals surface area contributed by atoms with Crippen molar-refractivity contribution < 1.29 is 24.0 Å². The van der Waals surface area contributed by atoms with Crippen LogP contribution in [0.25, 0.3) is 0 Å². The highest BCUT2D eigenvalue weighted by Gasteiger charge is 2.22. The average Bonchev–Trinajstić information content (AvgIpc) is 2.89. The molecule has 1 atom stereocenters. The summed E-state index contributed by atoms with van der Waals surface area (Å²) in [6.07, 6.45) is 0. The molecule has 0 saturated carbocycles. The minimum Gasteiger partial charge on any atom is -0.488 e. The largest absolute Gasteiger partial charge is 0.488 e. The Morgan fingerprint density at radius 3 is 2.56 bits per heavy atom. The zero-order chi connectivity index (χ0) is 19.8. The fourth-order valence-electron chi connectivity index (χ4n) is 2.56. The van der Waals surface area contributed by atoms with Crippen LogP contribution < -0.4 is 15.0 Å². The van der Waals surface area contributed by atoms with Crippen LogP contribution in [0.15, 0.2) is 30.3 Å². The van der Waals surface area contributed by atoms with Crippen LogP contribution >= 0.6 is 11.3 Å². The molecule has 6 nitrogen and oxygen atoms in total. The number of hydrogen-bond donors (Lipinski definition) is 2. The van der Waals surface area contributed by atoms with Crippen LogP contribution in [0.2, 0.25) is 0 Å². The summed E-state index contributed by atoms with van der Waals surface area (Å²) in [7, 11) is 1.94. The Kier molecular flexibility index (Phi) is 7.82. The Hall–Kier alpha value is -2.38. The molecule has 2 N–H and O–H groups in total. The van der Waals surface area contributed by atoms with Crippen molar-refractivity contribution in [3.05, 3.63) is 46.3 Å². The molecule has 2 rings (SSSR count). The van der Waals surface area contributed by atoms with Crippen molar-refractivity contribution in [3.63, 3.8) is 0 Å². The number of esters is 1. The Morgan fingerprint density at radius 1 is 1.19 bits per heavy atom. The van der Waals surface area contributed by atoms with E-state index in [2.05, 4.69) is 5.32 Å². The van der Waals surface area contributed by atoms with E-state index in [4.69, 9.17) is 9.47 Å². The second-order valence-electron chi connectivity index (χ2n) is 6.30. The van der Waals surface area contributed by atoms with Gasteiger partial charge in [-0.3, -0.25) is 4.79 Å². The number of ether oxygens (including phenoxy) is 2. The van der Waals surface area contributed by atoms with E-state index < -0.39 is 5.97 Å². The lowest BCUT2D eigenvalue weighted by Gasteiger charge is -2.14. The van der Waals surface area contributed by atoms with E-state index in [-0.39, 0.29) is 12.5 Å². The number of anilines is 1. The number of carbonyl (C=O) groups excluding carboxylic acids is 2. The summed E-state index contributed by atoms with van der Waals surface area (Å²) in [6.45, 7) is 7.36. The van der Waals surface area contributed by atoms with Gasteiger partial charge >= 0.3 is 5.97 Å². The second-order valence-corrected chi connectivity index (χ2v) is 7.53. The van der Waals surface area contributed by atoms with Crippen molar-refractivity contribution in [2.75, 3.05) is 38.7 Å². The minimum absolute atomic E-state index is 0.140. The van der Waals surface area contributed by atoms with Crippen LogP contribution in [0, 0.1) is 13.8 Å². The van der Waals surface area contributed by atoms with Crippen LogP contribution in [-0.2, 0) is 9.53 Å². The smallest absolute Gasteiger partial charge is 0.341 e. The molecule has 0 aliphatic heterocycles. The van der Waals surface area contributed by atoms with Crippen LogP contribution in [0.5, 0.6) is 5.75 Å². The number of likely N-dealkylation sites (N-methyl/N-ethyl adjacent to an activating group) is 1. The molecule has 146 valence electrons. The lowest BCUT2D eigenvalue weighted by Crippen LogP contribution is -3.10. The van der Waals surface area contributed by atoms with Crippen LogP contribution in [0.4, 0.5) is 5.00 Å². The first-order valence-electron chi connectivity index (χ1n) is 8.98. The van der Waals surface area contributed by atoms with Crippen molar-refractivity contribution in [1.82, 2.24) is 0 Å². The molecule has 1 aromatic heterocycles. The fourth-order valence-corrected chi connectivity index (χ4v) is 3.62. The van der Waals surface area contributed by atoms with E-state index in [1.807, 2.05) is 51.2 Å². The SMILES string of the molecule is CCOC(=O)c1c(NC(=O)C[NH+](C)CCOc2ccccc2)sc(C)c1C. The highest BCUT2D eigenvalue weighted by molar-refractivity contribution is 7.16. The molecule has 0 radical (unpaired) electrons. The highest BCUT2D eigenvalue weighted by Crippen LogP contribution is 2.32. The predicted octanol–water partition coefficient (Wildman–Crippen LogP) is 2.07. The molecular weight excluding hydrogens is 364 g/mol. The maximum absolute atomic E-state index is 12.4. The second kappa shape index (κ2) is 10.1. The highest BCUT2D eigenvalue weighted by atomic mass is 32.1. The Bertz CT molecular complexity index is 774. The predicted molar refractivity (Wildman–Crippen MR) is 107 cm³/mol. The molecule has 0 aliphatic carbocycles. The third-order valence-corrected chi connectivity index (χ3v) is 5.24. The number of aryl methyl sites for hydroxylation is 1. The quantitative estimate of drug-likeness (QED) is 0.642. The zero-order valence-electron chi connectivity index (χ0n) is 16.3. The van der Waals surface area contributed by atoms with E-state index in [9.17, 15) is 9.59 Å². The van der Waals surface area contributed by atoms with E-state index in [0.29, 0.717) is 30.3 Å². The van der Waals surface area contributed by atoms with Gasteiger partial charge in [-0.15, -0.1) is 11.3 Å². The standard InChI is InChI=1S/C20H26N2O4S/c1-5-25-20(24)18-14(2)15(3)27-19(18)21-17(23)13-22(4)11-12-26-16-9-7-6-8-10-16/h6-10H,5,11-13H2,1-4H3,(H,21,23)/p+1. The van der Waals surface area contributed by atoms with Gasteiger partial charge in [0, 0.05) is 4.88 Å². The monoisotopic (exact) mass is 391 g/mol. The van der Waals surface area contributed by atoms with E-state index >= 15 is 0 Å². The first kappa shape index (κ1) is 20.9. The van der Waals surface area contributed by atoms with E-state index in [0.717, 1.165) is 21.1 Å². The normalized spacial score (nSPS) is 11.7. The average molecular weight is 392 g/mol. The number of amides is 1. The molecule has 1 amide bonds. The molecule has 27 heavy (non-hydrogen) atoms.